The van der Waals surface area contributed by atoms with Gasteiger partial charge in [-0.1, -0.05) is 52.3 Å². The Hall–Kier alpha value is -3.32. The van der Waals surface area contributed by atoms with Gasteiger partial charge in [0.1, 0.15) is 24.4 Å². The molecule has 4 aromatic rings. The third-order valence-electron chi connectivity index (χ3n) is 4.99. The molecule has 7 heteroatoms. The fourth-order valence-corrected chi connectivity index (χ4v) is 3.71. The predicted molar refractivity (Wildman–Crippen MR) is 127 cm³/mol. The van der Waals surface area contributed by atoms with E-state index in [1.54, 1.807) is 12.4 Å². The first kappa shape index (κ1) is 21.9. The summed E-state index contributed by atoms with van der Waals surface area (Å²) in [5.41, 5.74) is 2.92. The van der Waals surface area contributed by atoms with E-state index in [-0.39, 0.29) is 18.2 Å². The molecule has 0 amide bonds. The normalized spacial score (nSPS) is 11.0. The second-order valence-electron chi connectivity index (χ2n) is 7.68. The van der Waals surface area contributed by atoms with E-state index in [0.29, 0.717) is 35.1 Å². The highest BCUT2D eigenvalue weighted by Crippen LogP contribution is 2.26. The lowest BCUT2D eigenvalue weighted by molar-refractivity contribution is 0.0987. The molecule has 0 aliphatic rings. The number of nitrogens with zero attached hydrogens (tertiary/aromatic N) is 4. The summed E-state index contributed by atoms with van der Waals surface area (Å²) in [6.45, 7) is 4.51. The summed E-state index contributed by atoms with van der Waals surface area (Å²) in [4.78, 5) is 17.9. The van der Waals surface area contributed by atoms with Crippen molar-refractivity contribution in [3.8, 4) is 17.3 Å². The molecule has 0 radical (unpaired) electrons. The van der Waals surface area contributed by atoms with Crippen molar-refractivity contribution in [1.29, 1.82) is 0 Å². The number of ketones is 1. The van der Waals surface area contributed by atoms with Crippen LogP contribution < -0.4 is 4.74 Å². The van der Waals surface area contributed by atoms with Crippen LogP contribution in [0.3, 0.4) is 0 Å². The van der Waals surface area contributed by atoms with Gasteiger partial charge in [-0.2, -0.15) is 0 Å². The minimum Gasteiger partial charge on any atom is -0.488 e. The Bertz CT molecular complexity index is 1220. The van der Waals surface area contributed by atoms with E-state index in [1.165, 1.54) is 0 Å². The average molecular weight is 491 g/mol. The molecule has 4 rings (SSSR count). The SMILES string of the molecule is CC(C)n1cnnc1-c1cccc(CC(=O)c2cc(Br)ccc2OCc2ccccc2)n1. The highest BCUT2D eigenvalue weighted by molar-refractivity contribution is 9.10. The maximum absolute atomic E-state index is 13.2. The second kappa shape index (κ2) is 9.87. The van der Waals surface area contributed by atoms with Crippen LogP contribution in [-0.4, -0.2) is 25.5 Å². The van der Waals surface area contributed by atoms with Gasteiger partial charge >= 0.3 is 0 Å². The molecule has 2 heterocycles. The van der Waals surface area contributed by atoms with Crippen molar-refractivity contribution in [3.05, 3.63) is 94.4 Å². The summed E-state index contributed by atoms with van der Waals surface area (Å²) in [7, 11) is 0. The lowest BCUT2D eigenvalue weighted by atomic mass is 10.0. The fourth-order valence-electron chi connectivity index (χ4n) is 3.35. The van der Waals surface area contributed by atoms with Gasteiger partial charge in [0.2, 0.25) is 0 Å². The van der Waals surface area contributed by atoms with Crippen LogP contribution in [0.1, 0.15) is 41.5 Å². The van der Waals surface area contributed by atoms with Crippen molar-refractivity contribution in [3.63, 3.8) is 0 Å². The molecule has 0 spiro atoms. The van der Waals surface area contributed by atoms with Crippen LogP contribution in [0.25, 0.3) is 11.5 Å². The topological polar surface area (TPSA) is 69.9 Å². The van der Waals surface area contributed by atoms with Crippen molar-refractivity contribution >= 4 is 21.7 Å². The van der Waals surface area contributed by atoms with Gasteiger partial charge in [0.15, 0.2) is 11.6 Å². The second-order valence-corrected chi connectivity index (χ2v) is 8.60. The molecule has 0 saturated carbocycles. The Morgan fingerprint density at radius 3 is 2.66 bits per heavy atom. The number of pyridine rings is 1. The highest BCUT2D eigenvalue weighted by atomic mass is 79.9. The van der Waals surface area contributed by atoms with Crippen molar-refractivity contribution < 1.29 is 9.53 Å². The Labute approximate surface area is 195 Å². The number of Topliss-reactive ketones (excluding diaryl/α,β-unsaturated/α-hetero) is 1. The molecule has 32 heavy (non-hydrogen) atoms. The number of rotatable bonds is 8. The third kappa shape index (κ3) is 5.11. The van der Waals surface area contributed by atoms with Gasteiger partial charge in [-0.25, -0.2) is 4.98 Å². The summed E-state index contributed by atoms with van der Waals surface area (Å²) in [6.07, 6.45) is 1.85. The maximum atomic E-state index is 13.2. The number of carbonyl (C=O) groups excluding carboxylic acids is 1. The number of halogens is 1. The number of hydrogen-bond donors (Lipinski definition) is 0. The number of aromatic nitrogens is 4. The van der Waals surface area contributed by atoms with E-state index in [1.807, 2.05) is 65.2 Å². The monoisotopic (exact) mass is 490 g/mol. The third-order valence-corrected chi connectivity index (χ3v) is 5.48. The van der Waals surface area contributed by atoms with Crippen LogP contribution in [0.15, 0.2) is 77.5 Å². The van der Waals surface area contributed by atoms with E-state index in [2.05, 4.69) is 45.0 Å². The molecule has 0 aliphatic carbocycles. The van der Waals surface area contributed by atoms with Crippen LogP contribution in [-0.2, 0) is 13.0 Å². The molecule has 162 valence electrons. The van der Waals surface area contributed by atoms with Crippen molar-refractivity contribution in [1.82, 2.24) is 19.7 Å². The molecule has 0 saturated heterocycles. The zero-order valence-electron chi connectivity index (χ0n) is 17.9. The van der Waals surface area contributed by atoms with E-state index in [4.69, 9.17) is 4.74 Å². The first-order valence-electron chi connectivity index (χ1n) is 10.4. The summed E-state index contributed by atoms with van der Waals surface area (Å²) in [5.74, 6) is 1.17. The molecule has 0 bridgehead atoms. The van der Waals surface area contributed by atoms with Crippen LogP contribution in [0.5, 0.6) is 5.75 Å². The van der Waals surface area contributed by atoms with Crippen LogP contribution in [0.2, 0.25) is 0 Å². The van der Waals surface area contributed by atoms with Crippen LogP contribution in [0.4, 0.5) is 0 Å². The molecule has 2 aromatic heterocycles. The fraction of sp³-hybridized carbons (Fsp3) is 0.200. The van der Waals surface area contributed by atoms with Gasteiger partial charge in [0.05, 0.1) is 12.0 Å². The zero-order valence-corrected chi connectivity index (χ0v) is 19.5. The first-order chi connectivity index (χ1) is 15.5. The smallest absolute Gasteiger partial charge is 0.182 e. The molecular formula is C25H23BrN4O2. The largest absolute Gasteiger partial charge is 0.488 e. The summed E-state index contributed by atoms with van der Waals surface area (Å²) >= 11 is 3.46. The Morgan fingerprint density at radius 1 is 1.06 bits per heavy atom. The minimum atomic E-state index is -0.0654. The molecular weight excluding hydrogens is 468 g/mol. The molecule has 0 aliphatic heterocycles. The number of hydrogen-bond acceptors (Lipinski definition) is 5. The average Bonchev–Trinajstić information content (AvgIpc) is 3.29. The van der Waals surface area contributed by atoms with E-state index in [9.17, 15) is 4.79 Å². The summed E-state index contributed by atoms with van der Waals surface area (Å²) in [5, 5.41) is 8.21. The molecule has 6 nitrogen and oxygen atoms in total. The molecule has 2 aromatic carbocycles. The molecule has 0 atom stereocenters. The molecule has 0 fully saturated rings. The van der Waals surface area contributed by atoms with E-state index < -0.39 is 0 Å². The zero-order chi connectivity index (χ0) is 22.5. The van der Waals surface area contributed by atoms with Gasteiger partial charge in [0, 0.05) is 16.2 Å². The quantitative estimate of drug-likeness (QED) is 0.296. The van der Waals surface area contributed by atoms with Crippen molar-refractivity contribution in [2.24, 2.45) is 0 Å². The van der Waals surface area contributed by atoms with E-state index in [0.717, 1.165) is 10.0 Å². The Morgan fingerprint density at radius 2 is 1.88 bits per heavy atom. The standard InChI is InChI=1S/C25H23BrN4O2/c1-17(2)30-16-27-29-25(30)22-10-6-9-20(28-22)14-23(31)21-13-19(26)11-12-24(21)32-15-18-7-4-3-5-8-18/h3-13,16-17H,14-15H2,1-2H3. The molecule has 0 N–H and O–H groups in total. The lowest BCUT2D eigenvalue weighted by Crippen LogP contribution is -2.09. The minimum absolute atomic E-state index is 0.0654. The first-order valence-corrected chi connectivity index (χ1v) is 11.2. The molecule has 0 unspecified atom stereocenters. The number of benzene rings is 2. The number of ether oxygens (including phenoxy) is 1. The maximum Gasteiger partial charge on any atom is 0.182 e. The van der Waals surface area contributed by atoms with Crippen molar-refractivity contribution in [2.45, 2.75) is 32.9 Å². The van der Waals surface area contributed by atoms with Gasteiger partial charge in [-0.15, -0.1) is 10.2 Å². The van der Waals surface area contributed by atoms with E-state index >= 15 is 0 Å². The van der Waals surface area contributed by atoms with Crippen LogP contribution in [0, 0.1) is 0 Å². The Kier molecular flexibility index (Phi) is 6.75. The van der Waals surface area contributed by atoms with Gasteiger partial charge in [-0.3, -0.25) is 4.79 Å². The van der Waals surface area contributed by atoms with Crippen molar-refractivity contribution in [2.75, 3.05) is 0 Å². The predicted octanol–water partition coefficient (Wildman–Crippen LogP) is 5.69. The van der Waals surface area contributed by atoms with Gasteiger partial charge < -0.3 is 9.30 Å². The lowest BCUT2D eigenvalue weighted by Gasteiger charge is -2.12. The van der Waals surface area contributed by atoms with Crippen LogP contribution >= 0.6 is 15.9 Å². The highest BCUT2D eigenvalue weighted by Gasteiger charge is 2.17. The van der Waals surface area contributed by atoms with Gasteiger partial charge in [-0.05, 0) is 49.7 Å². The van der Waals surface area contributed by atoms with Gasteiger partial charge in [0.25, 0.3) is 0 Å². The summed E-state index contributed by atoms with van der Waals surface area (Å²) in [6, 6.07) is 21.2. The Balaban J connectivity index is 1.55. The number of carbonyl (C=O) groups is 1. The summed E-state index contributed by atoms with van der Waals surface area (Å²) < 4.78 is 8.75.